The molecule has 0 heterocycles. The number of methoxy groups -OCH3 is 1. The first-order valence-corrected chi connectivity index (χ1v) is 7.29. The summed E-state index contributed by atoms with van der Waals surface area (Å²) in [5.74, 6) is -0.163. The molecule has 1 N–H and O–H groups in total. The van der Waals surface area contributed by atoms with E-state index in [0.717, 1.165) is 11.1 Å². The smallest absolute Gasteiger partial charge is 0.343 e. The lowest BCUT2D eigenvalue weighted by atomic mass is 10.1. The molecule has 6 heteroatoms. The number of ether oxygens (including phenoxy) is 2. The van der Waals surface area contributed by atoms with Crippen LogP contribution >= 0.6 is 0 Å². The fraction of sp³-hybridized carbons (Fsp3) is 0.167. The van der Waals surface area contributed by atoms with Gasteiger partial charge in [0.25, 0.3) is 5.91 Å². The second kappa shape index (κ2) is 8.47. The molecule has 0 saturated carbocycles. The van der Waals surface area contributed by atoms with Gasteiger partial charge in [-0.25, -0.2) is 10.2 Å². The van der Waals surface area contributed by atoms with E-state index in [0.29, 0.717) is 11.3 Å². The molecule has 0 bridgehead atoms. The van der Waals surface area contributed by atoms with Crippen molar-refractivity contribution in [1.82, 2.24) is 5.43 Å². The van der Waals surface area contributed by atoms with Crippen LogP contribution in [0.3, 0.4) is 0 Å². The van der Waals surface area contributed by atoms with Gasteiger partial charge >= 0.3 is 5.97 Å². The van der Waals surface area contributed by atoms with Crippen LogP contribution in [0, 0.1) is 6.92 Å². The minimum Gasteiger partial charge on any atom is -0.482 e. The molecule has 0 saturated heterocycles. The highest BCUT2D eigenvalue weighted by molar-refractivity contribution is 5.96. The lowest BCUT2D eigenvalue weighted by Gasteiger charge is -2.05. The maximum absolute atomic E-state index is 12.0. The molecule has 24 heavy (non-hydrogen) atoms. The van der Waals surface area contributed by atoms with Crippen molar-refractivity contribution < 1.29 is 19.1 Å². The van der Waals surface area contributed by atoms with Crippen LogP contribution in [0.4, 0.5) is 0 Å². The summed E-state index contributed by atoms with van der Waals surface area (Å²) < 4.78 is 9.73. The van der Waals surface area contributed by atoms with Gasteiger partial charge < -0.3 is 9.47 Å². The zero-order chi connectivity index (χ0) is 17.4. The molecule has 2 aromatic carbocycles. The zero-order valence-corrected chi connectivity index (χ0v) is 13.5. The van der Waals surface area contributed by atoms with E-state index < -0.39 is 5.97 Å². The second-order valence-electron chi connectivity index (χ2n) is 4.95. The van der Waals surface area contributed by atoms with Crippen molar-refractivity contribution in [2.75, 3.05) is 13.7 Å². The third kappa shape index (κ3) is 4.95. The van der Waals surface area contributed by atoms with Crippen molar-refractivity contribution in [2.24, 2.45) is 5.10 Å². The van der Waals surface area contributed by atoms with Crippen LogP contribution < -0.4 is 10.2 Å². The van der Waals surface area contributed by atoms with Gasteiger partial charge in [0.1, 0.15) is 5.75 Å². The van der Waals surface area contributed by atoms with Crippen molar-refractivity contribution in [1.29, 1.82) is 0 Å². The van der Waals surface area contributed by atoms with Gasteiger partial charge in [-0.3, -0.25) is 4.79 Å². The summed E-state index contributed by atoms with van der Waals surface area (Å²) in [4.78, 5) is 23.0. The maximum atomic E-state index is 12.0. The molecule has 2 aromatic rings. The summed E-state index contributed by atoms with van der Waals surface area (Å²) in [7, 11) is 1.30. The average molecular weight is 326 g/mol. The quantitative estimate of drug-likeness (QED) is 0.502. The summed E-state index contributed by atoms with van der Waals surface area (Å²) in [5.41, 5.74) is 4.74. The van der Waals surface area contributed by atoms with Gasteiger partial charge in [0.2, 0.25) is 0 Å². The number of carbonyl (C=O) groups is 2. The number of amides is 1. The maximum Gasteiger partial charge on any atom is 0.343 e. The molecule has 0 atom stereocenters. The highest BCUT2D eigenvalue weighted by Gasteiger charge is 2.06. The lowest BCUT2D eigenvalue weighted by molar-refractivity contribution is -0.142. The van der Waals surface area contributed by atoms with E-state index in [4.69, 9.17) is 4.74 Å². The van der Waals surface area contributed by atoms with Gasteiger partial charge in [-0.05, 0) is 48.4 Å². The Bertz CT molecular complexity index is 739. The normalized spacial score (nSPS) is 10.4. The average Bonchev–Trinajstić information content (AvgIpc) is 2.61. The third-order valence-electron chi connectivity index (χ3n) is 3.23. The van der Waals surface area contributed by atoms with Crippen LogP contribution in [0.1, 0.15) is 21.5 Å². The van der Waals surface area contributed by atoms with Gasteiger partial charge in [0.05, 0.1) is 13.3 Å². The Morgan fingerprint density at radius 3 is 2.50 bits per heavy atom. The molecule has 0 radical (unpaired) electrons. The summed E-state index contributed by atoms with van der Waals surface area (Å²) in [6.45, 7) is 1.72. The molecular formula is C18H18N2O4. The SMILES string of the molecule is COC(=O)COc1ccc(/C=N\NC(=O)c2ccccc2C)cc1. The van der Waals surface area contributed by atoms with E-state index in [2.05, 4.69) is 15.3 Å². The number of aryl methyl sites for hydroxylation is 1. The Morgan fingerprint density at radius 1 is 1.12 bits per heavy atom. The molecule has 0 aliphatic rings. The van der Waals surface area contributed by atoms with Crippen LogP contribution in [-0.4, -0.2) is 31.8 Å². The molecule has 0 spiro atoms. The Hall–Kier alpha value is -3.15. The molecule has 0 aliphatic carbocycles. The van der Waals surface area contributed by atoms with E-state index >= 15 is 0 Å². The van der Waals surface area contributed by atoms with Gasteiger partial charge in [0.15, 0.2) is 6.61 Å². The third-order valence-corrected chi connectivity index (χ3v) is 3.23. The number of carbonyl (C=O) groups excluding carboxylic acids is 2. The van der Waals surface area contributed by atoms with Crippen molar-refractivity contribution >= 4 is 18.1 Å². The molecule has 124 valence electrons. The molecule has 0 aliphatic heterocycles. The number of hydrogen-bond acceptors (Lipinski definition) is 5. The van der Waals surface area contributed by atoms with Crippen LogP contribution in [-0.2, 0) is 9.53 Å². The fourth-order valence-electron chi connectivity index (χ4n) is 1.90. The van der Waals surface area contributed by atoms with E-state index in [1.807, 2.05) is 19.1 Å². The van der Waals surface area contributed by atoms with E-state index in [1.54, 1.807) is 36.4 Å². The molecule has 0 fully saturated rings. The van der Waals surface area contributed by atoms with Crippen molar-refractivity contribution in [3.05, 3.63) is 65.2 Å². The van der Waals surface area contributed by atoms with Gasteiger partial charge in [-0.15, -0.1) is 0 Å². The molecule has 1 amide bonds. The largest absolute Gasteiger partial charge is 0.482 e. The van der Waals surface area contributed by atoms with Crippen molar-refractivity contribution in [2.45, 2.75) is 6.92 Å². The number of hydrazone groups is 1. The highest BCUT2D eigenvalue weighted by atomic mass is 16.6. The topological polar surface area (TPSA) is 77.0 Å². The minimum absolute atomic E-state index is 0.142. The van der Waals surface area contributed by atoms with Crippen molar-refractivity contribution in [3.8, 4) is 5.75 Å². The molecule has 0 unspecified atom stereocenters. The lowest BCUT2D eigenvalue weighted by Crippen LogP contribution is -2.18. The number of nitrogens with one attached hydrogen (secondary N) is 1. The number of benzene rings is 2. The number of esters is 1. The first-order valence-electron chi connectivity index (χ1n) is 7.29. The zero-order valence-electron chi connectivity index (χ0n) is 13.5. The minimum atomic E-state index is -0.445. The number of rotatable bonds is 6. The van der Waals surface area contributed by atoms with Crippen LogP contribution in [0.5, 0.6) is 5.75 Å². The van der Waals surface area contributed by atoms with Crippen LogP contribution in [0.2, 0.25) is 0 Å². The van der Waals surface area contributed by atoms with E-state index in [-0.39, 0.29) is 12.5 Å². The van der Waals surface area contributed by atoms with Crippen LogP contribution in [0.25, 0.3) is 0 Å². The predicted octanol–water partition coefficient (Wildman–Crippen LogP) is 2.31. The summed E-state index contributed by atoms with van der Waals surface area (Å²) in [6.07, 6.45) is 1.53. The van der Waals surface area contributed by atoms with E-state index in [9.17, 15) is 9.59 Å². The van der Waals surface area contributed by atoms with E-state index in [1.165, 1.54) is 13.3 Å². The summed E-state index contributed by atoms with van der Waals surface area (Å²) >= 11 is 0. The molecule has 2 rings (SSSR count). The van der Waals surface area contributed by atoms with Gasteiger partial charge in [-0.1, -0.05) is 18.2 Å². The fourth-order valence-corrected chi connectivity index (χ4v) is 1.90. The number of nitrogens with zero attached hydrogens (tertiary/aromatic N) is 1. The Kier molecular flexibility index (Phi) is 6.08. The molecule has 0 aromatic heterocycles. The highest BCUT2D eigenvalue weighted by Crippen LogP contribution is 2.11. The van der Waals surface area contributed by atoms with Crippen LogP contribution in [0.15, 0.2) is 53.6 Å². The standard InChI is InChI=1S/C18H18N2O4/c1-13-5-3-4-6-16(13)18(22)20-19-11-14-7-9-15(10-8-14)24-12-17(21)23-2/h3-11H,12H2,1-2H3,(H,20,22)/b19-11-. The monoisotopic (exact) mass is 326 g/mol. The second-order valence-corrected chi connectivity index (χ2v) is 4.95. The van der Waals surface area contributed by atoms with Gasteiger partial charge in [-0.2, -0.15) is 5.10 Å². The first-order chi connectivity index (χ1) is 11.6. The Balaban J connectivity index is 1.89. The predicted molar refractivity (Wildman–Crippen MR) is 90.2 cm³/mol. The van der Waals surface area contributed by atoms with Crippen molar-refractivity contribution in [3.63, 3.8) is 0 Å². The molecule has 6 nitrogen and oxygen atoms in total. The number of hydrogen-bond donors (Lipinski definition) is 1. The summed E-state index contributed by atoms with van der Waals surface area (Å²) in [6, 6.07) is 14.2. The summed E-state index contributed by atoms with van der Waals surface area (Å²) in [5, 5.41) is 3.94. The first kappa shape index (κ1) is 17.2. The molecular weight excluding hydrogens is 308 g/mol. The Morgan fingerprint density at radius 2 is 1.83 bits per heavy atom. The Labute approximate surface area is 140 Å². The van der Waals surface area contributed by atoms with Gasteiger partial charge in [0, 0.05) is 5.56 Å².